The Labute approximate surface area is 348 Å². The first-order valence-electron chi connectivity index (χ1n) is 21.2. The van der Waals surface area contributed by atoms with E-state index in [2.05, 4.69) is 77.0 Å². The average Bonchev–Trinajstić information content (AvgIpc) is 3.67. The van der Waals surface area contributed by atoms with E-state index in [4.69, 9.17) is 26.7 Å². The van der Waals surface area contributed by atoms with Crippen molar-refractivity contribution in [1.29, 1.82) is 0 Å². The molecule has 0 aliphatic rings. The van der Waals surface area contributed by atoms with Crippen LogP contribution in [0.15, 0.2) is 84.0 Å². The van der Waals surface area contributed by atoms with Crippen molar-refractivity contribution in [3.05, 3.63) is 84.7 Å². The second kappa shape index (κ2) is 23.0. The molecule has 59 heavy (non-hydrogen) atoms. The van der Waals surface area contributed by atoms with Crippen molar-refractivity contribution in [3.8, 4) is 22.6 Å². The molecular formula is C46H63N9O4. The van der Waals surface area contributed by atoms with E-state index in [1.165, 1.54) is 0 Å². The molecule has 0 aliphatic heterocycles. The van der Waals surface area contributed by atoms with E-state index >= 15 is 0 Å². The Morgan fingerprint density at radius 1 is 0.797 bits per heavy atom. The molecule has 13 nitrogen and oxygen atoms in total. The number of unbranched alkanes of at least 4 members (excludes halogenated alkanes) is 3. The van der Waals surface area contributed by atoms with Gasteiger partial charge in [0.15, 0.2) is 12.6 Å². The summed E-state index contributed by atoms with van der Waals surface area (Å²) in [6, 6.07) is 23.2. The van der Waals surface area contributed by atoms with Crippen LogP contribution in [-0.2, 0) is 22.6 Å². The van der Waals surface area contributed by atoms with Crippen LogP contribution in [0.4, 0.5) is 0 Å². The van der Waals surface area contributed by atoms with Crippen LogP contribution < -0.4 is 37.3 Å². The normalized spacial score (nSPS) is 12.4. The lowest BCUT2D eigenvalue weighted by atomic mass is 9.92. The van der Waals surface area contributed by atoms with Crippen LogP contribution in [0.3, 0.4) is 0 Å². The number of hydrogen-bond donors (Lipinski definition) is 5. The maximum absolute atomic E-state index is 14.0. The lowest BCUT2D eigenvalue weighted by Crippen LogP contribution is -2.51. The number of fused-ring (bicyclic) bond motifs is 2. The first-order valence-corrected chi connectivity index (χ1v) is 21.2. The van der Waals surface area contributed by atoms with E-state index in [0.717, 1.165) is 76.2 Å². The minimum atomic E-state index is -0.812. The summed E-state index contributed by atoms with van der Waals surface area (Å²) in [7, 11) is 0. The van der Waals surface area contributed by atoms with Gasteiger partial charge in [-0.1, -0.05) is 99.5 Å². The Morgan fingerprint density at radius 3 is 2.12 bits per heavy atom. The summed E-state index contributed by atoms with van der Waals surface area (Å²) in [5.74, 6) is 1.08. The summed E-state index contributed by atoms with van der Waals surface area (Å²) in [5, 5.41) is 18.9. The van der Waals surface area contributed by atoms with Gasteiger partial charge in [0.05, 0.1) is 18.8 Å². The third-order valence-electron chi connectivity index (χ3n) is 10.3. The summed E-state index contributed by atoms with van der Waals surface area (Å²) < 4.78 is 14.7. The second-order valence-electron chi connectivity index (χ2n) is 15.6. The first kappa shape index (κ1) is 44.4. The summed E-state index contributed by atoms with van der Waals surface area (Å²) >= 11 is 0. The third kappa shape index (κ3) is 13.4. The second-order valence-corrected chi connectivity index (χ2v) is 15.6. The van der Waals surface area contributed by atoms with E-state index in [-0.39, 0.29) is 24.5 Å². The first-order chi connectivity index (χ1) is 28.7. The highest BCUT2D eigenvalue weighted by Crippen LogP contribution is 2.45. The number of benzene rings is 4. The van der Waals surface area contributed by atoms with Crippen LogP contribution in [0.1, 0.15) is 84.3 Å². The monoisotopic (exact) mass is 806 g/mol. The number of carbonyl (C=O) groups excluding carboxylic acids is 2. The van der Waals surface area contributed by atoms with Crippen LogP contribution in [0.5, 0.6) is 11.5 Å². The number of nitrogens with two attached hydrogens (primary N) is 3. The third-order valence-corrected chi connectivity index (χ3v) is 10.3. The number of nitrogens with one attached hydrogen (secondary N) is 2. The van der Waals surface area contributed by atoms with Gasteiger partial charge < -0.3 is 37.3 Å². The van der Waals surface area contributed by atoms with Crippen molar-refractivity contribution in [2.75, 3.05) is 26.3 Å². The largest absolute Gasteiger partial charge is 0.493 e. The molecule has 0 spiro atoms. The van der Waals surface area contributed by atoms with Gasteiger partial charge in [-0.25, -0.2) is 0 Å². The molecule has 0 saturated heterocycles. The van der Waals surface area contributed by atoms with E-state index < -0.39 is 11.9 Å². The number of guanidine groups is 1. The molecule has 1 heterocycles. The van der Waals surface area contributed by atoms with Crippen molar-refractivity contribution >= 4 is 39.3 Å². The molecule has 5 aromatic rings. The van der Waals surface area contributed by atoms with Gasteiger partial charge in [0.2, 0.25) is 5.91 Å². The lowest BCUT2D eigenvalue weighted by molar-refractivity contribution is -0.130. The van der Waals surface area contributed by atoms with E-state index in [1.54, 1.807) is 4.68 Å². The minimum Gasteiger partial charge on any atom is -0.493 e. The molecule has 4 aromatic carbocycles. The van der Waals surface area contributed by atoms with Crippen molar-refractivity contribution in [3.63, 3.8) is 0 Å². The highest BCUT2D eigenvalue weighted by Gasteiger charge is 2.25. The number of ether oxygens (including phenoxy) is 2. The van der Waals surface area contributed by atoms with Gasteiger partial charge in [0.25, 0.3) is 5.91 Å². The molecule has 13 heteroatoms. The number of amides is 2. The van der Waals surface area contributed by atoms with Crippen molar-refractivity contribution in [2.24, 2.45) is 28.1 Å². The molecule has 8 N–H and O–H groups in total. The fraction of sp³-hybridized carbons (Fsp3) is 0.457. The van der Waals surface area contributed by atoms with Crippen molar-refractivity contribution in [1.82, 2.24) is 25.6 Å². The number of aryl methyl sites for hydroxylation is 1. The van der Waals surface area contributed by atoms with Gasteiger partial charge >= 0.3 is 0 Å². The molecular weight excluding hydrogens is 743 g/mol. The van der Waals surface area contributed by atoms with Gasteiger partial charge in [0.1, 0.15) is 17.5 Å². The quantitative estimate of drug-likeness (QED) is 0.0244. The summed E-state index contributed by atoms with van der Waals surface area (Å²) in [4.78, 5) is 31.9. The zero-order valence-corrected chi connectivity index (χ0v) is 35.0. The van der Waals surface area contributed by atoms with E-state index in [0.29, 0.717) is 70.0 Å². The SMILES string of the molecule is CCCCCc1cn(CC(CCCN=C(N)N)NC(=O)[C@H](CCCCN)NC(=O)COc2ccc3ccccc3c2-c2c(OCCC(C)C)ccc3ccccc23)nn1. The van der Waals surface area contributed by atoms with Crippen molar-refractivity contribution < 1.29 is 19.1 Å². The van der Waals surface area contributed by atoms with Gasteiger partial charge in [-0.2, -0.15) is 0 Å². The Bertz CT molecular complexity index is 2130. The summed E-state index contributed by atoms with van der Waals surface area (Å²) in [6.45, 7) is 8.09. The number of hydrogen-bond acceptors (Lipinski definition) is 8. The molecule has 0 aliphatic carbocycles. The van der Waals surface area contributed by atoms with Crippen LogP contribution in [-0.4, -0.2) is 71.2 Å². The molecule has 0 radical (unpaired) electrons. The van der Waals surface area contributed by atoms with Crippen LogP contribution in [0.25, 0.3) is 32.7 Å². The van der Waals surface area contributed by atoms with Crippen LogP contribution >= 0.6 is 0 Å². The Morgan fingerprint density at radius 2 is 1.47 bits per heavy atom. The summed E-state index contributed by atoms with van der Waals surface area (Å²) in [6.07, 6.45) is 9.98. The van der Waals surface area contributed by atoms with E-state index in [1.807, 2.05) is 48.7 Å². The maximum Gasteiger partial charge on any atom is 0.258 e. The number of nitrogens with zero attached hydrogens (tertiary/aromatic N) is 4. The molecule has 1 aromatic heterocycles. The predicted molar refractivity (Wildman–Crippen MR) is 237 cm³/mol. The molecule has 316 valence electrons. The molecule has 5 rings (SSSR count). The number of aromatic nitrogens is 3. The number of aliphatic imine (C=N–C) groups is 1. The fourth-order valence-electron chi connectivity index (χ4n) is 7.19. The maximum atomic E-state index is 14.0. The van der Waals surface area contributed by atoms with Gasteiger partial charge in [-0.3, -0.25) is 19.3 Å². The van der Waals surface area contributed by atoms with Gasteiger partial charge in [-0.05, 0) is 97.5 Å². The zero-order valence-electron chi connectivity index (χ0n) is 35.0. The van der Waals surface area contributed by atoms with Gasteiger partial charge in [0, 0.05) is 29.9 Å². The molecule has 2 atom stereocenters. The average molecular weight is 806 g/mol. The standard InChI is InChI=1S/C46H63N9O4/c1-4-5-6-16-36-30-55(54-53-36)29-35(17-13-27-50-46(48)49)51-45(57)39(20-11-12-26-47)52-42(56)31-59-41-24-22-34-15-8-10-19-38(34)44(41)43-37-18-9-7-14-33(37)21-23-40(43)58-28-25-32(2)3/h7-10,14-15,18-19,21-24,30,32,35,39H,4-6,11-13,16-17,20,25-29,31,47H2,1-3H3,(H,51,57)(H,52,56)(H4,48,49,50)/t35?,39-/m0/s1. The van der Waals surface area contributed by atoms with E-state index in [9.17, 15) is 9.59 Å². The predicted octanol–water partition coefficient (Wildman–Crippen LogP) is 6.64. The molecule has 0 saturated carbocycles. The van der Waals surface area contributed by atoms with Crippen LogP contribution in [0.2, 0.25) is 0 Å². The molecule has 0 bridgehead atoms. The Kier molecular flexibility index (Phi) is 17.3. The molecule has 1 unspecified atom stereocenters. The molecule has 0 fully saturated rings. The Balaban J connectivity index is 1.37. The smallest absolute Gasteiger partial charge is 0.258 e. The zero-order chi connectivity index (χ0) is 42.0. The number of carbonyl (C=O) groups is 2. The topological polar surface area (TPSA) is 198 Å². The highest BCUT2D eigenvalue weighted by atomic mass is 16.5. The highest BCUT2D eigenvalue weighted by molar-refractivity contribution is 6.09. The van der Waals surface area contributed by atoms with Gasteiger partial charge in [-0.15, -0.1) is 5.10 Å². The molecule has 2 amide bonds. The lowest BCUT2D eigenvalue weighted by Gasteiger charge is -2.24. The summed E-state index contributed by atoms with van der Waals surface area (Å²) in [5.41, 5.74) is 19.6. The van der Waals surface area contributed by atoms with Crippen molar-refractivity contribution in [2.45, 2.75) is 104 Å². The van der Waals surface area contributed by atoms with Crippen LogP contribution in [0, 0.1) is 5.92 Å². The Hall–Kier alpha value is -5.69. The minimum absolute atomic E-state index is 0.0202. The fourth-order valence-corrected chi connectivity index (χ4v) is 7.19. The number of rotatable bonds is 25.